The number of anilines is 1. The number of rotatable bonds is 4. The number of aromatic nitrogens is 2. The van der Waals surface area contributed by atoms with Gasteiger partial charge in [-0.1, -0.05) is 12.8 Å². The van der Waals surface area contributed by atoms with Crippen LogP contribution in [0.15, 0.2) is 17.1 Å². The summed E-state index contributed by atoms with van der Waals surface area (Å²) in [5, 5.41) is 9.48. The van der Waals surface area contributed by atoms with Gasteiger partial charge in [0.05, 0.1) is 11.9 Å². The Labute approximate surface area is 101 Å². The highest BCUT2D eigenvalue weighted by Gasteiger charge is 2.35. The molecule has 0 aromatic carbocycles. The van der Waals surface area contributed by atoms with Gasteiger partial charge in [-0.05, 0) is 26.9 Å². The molecule has 0 atom stereocenters. The molecule has 0 saturated heterocycles. The van der Waals surface area contributed by atoms with E-state index in [0.717, 1.165) is 12.2 Å². The van der Waals surface area contributed by atoms with Crippen LogP contribution in [0.4, 0.5) is 5.69 Å². The summed E-state index contributed by atoms with van der Waals surface area (Å²) < 4.78 is 0. The van der Waals surface area contributed by atoms with Crippen molar-refractivity contribution >= 4 is 5.69 Å². The van der Waals surface area contributed by atoms with Gasteiger partial charge in [-0.2, -0.15) is 5.10 Å². The minimum Gasteiger partial charge on any atom is -0.382 e. The maximum Gasteiger partial charge on any atom is 0.266 e. The number of H-pyrrole nitrogens is 1. The van der Waals surface area contributed by atoms with E-state index in [2.05, 4.69) is 34.5 Å². The molecule has 0 amide bonds. The number of likely N-dealkylation sites (N-methyl/N-ethyl adjacent to an activating group) is 1. The summed E-state index contributed by atoms with van der Waals surface area (Å²) in [5.74, 6) is 0. The molecule has 1 aliphatic rings. The topological polar surface area (TPSA) is 61.0 Å². The molecule has 0 radical (unpaired) electrons. The minimum atomic E-state index is -0.166. The lowest BCUT2D eigenvalue weighted by atomic mass is 9.96. The highest BCUT2D eigenvalue weighted by Crippen LogP contribution is 2.33. The first-order chi connectivity index (χ1) is 8.12. The predicted octanol–water partition coefficient (Wildman–Crippen LogP) is 1.06. The lowest BCUT2D eigenvalue weighted by Crippen LogP contribution is -2.47. The fourth-order valence-corrected chi connectivity index (χ4v) is 2.55. The summed E-state index contributed by atoms with van der Waals surface area (Å²) >= 11 is 0. The Morgan fingerprint density at radius 1 is 1.47 bits per heavy atom. The van der Waals surface area contributed by atoms with E-state index < -0.39 is 0 Å². The maximum absolute atomic E-state index is 11.1. The minimum absolute atomic E-state index is 0.166. The molecule has 1 heterocycles. The van der Waals surface area contributed by atoms with Crippen molar-refractivity contribution in [2.24, 2.45) is 0 Å². The third-order valence-corrected chi connectivity index (χ3v) is 3.77. The first kappa shape index (κ1) is 12.1. The number of nitrogens with one attached hydrogen (secondary N) is 2. The van der Waals surface area contributed by atoms with Crippen LogP contribution in [0.1, 0.15) is 25.7 Å². The van der Waals surface area contributed by atoms with Crippen LogP contribution in [0, 0.1) is 0 Å². The van der Waals surface area contributed by atoms with Crippen molar-refractivity contribution in [2.75, 3.05) is 26.0 Å². The largest absolute Gasteiger partial charge is 0.382 e. The number of hydrogen-bond donors (Lipinski definition) is 2. The molecule has 17 heavy (non-hydrogen) atoms. The number of nitrogens with zero attached hydrogens (tertiary/aromatic N) is 2. The average Bonchev–Trinajstić information content (AvgIpc) is 2.76. The number of hydrogen-bond acceptors (Lipinski definition) is 4. The van der Waals surface area contributed by atoms with E-state index in [1.165, 1.54) is 25.7 Å². The maximum atomic E-state index is 11.1. The molecule has 2 rings (SSSR count). The van der Waals surface area contributed by atoms with Crippen molar-refractivity contribution in [3.63, 3.8) is 0 Å². The van der Waals surface area contributed by atoms with Crippen LogP contribution in [-0.4, -0.2) is 41.3 Å². The molecule has 94 valence electrons. The van der Waals surface area contributed by atoms with Gasteiger partial charge >= 0.3 is 0 Å². The molecule has 1 aromatic rings. The molecule has 0 unspecified atom stereocenters. The van der Waals surface area contributed by atoms with Gasteiger partial charge < -0.3 is 10.2 Å². The van der Waals surface area contributed by atoms with E-state index in [0.29, 0.717) is 0 Å². The second-order valence-electron chi connectivity index (χ2n) is 5.01. The van der Waals surface area contributed by atoms with Crippen LogP contribution < -0.4 is 10.9 Å². The average molecular weight is 236 g/mol. The molecule has 5 heteroatoms. The zero-order valence-corrected chi connectivity index (χ0v) is 10.5. The summed E-state index contributed by atoms with van der Waals surface area (Å²) in [7, 11) is 4.26. The van der Waals surface area contributed by atoms with E-state index >= 15 is 0 Å². The van der Waals surface area contributed by atoms with E-state index in [1.54, 1.807) is 12.3 Å². The summed E-state index contributed by atoms with van der Waals surface area (Å²) in [6.45, 7) is 0.866. The quantitative estimate of drug-likeness (QED) is 0.820. The van der Waals surface area contributed by atoms with E-state index in [-0.39, 0.29) is 11.1 Å². The van der Waals surface area contributed by atoms with Crippen molar-refractivity contribution in [2.45, 2.75) is 31.2 Å². The monoisotopic (exact) mass is 236 g/mol. The SMILES string of the molecule is CN(C)C1(CNc2cn[nH]c(=O)c2)CCCC1. The first-order valence-electron chi connectivity index (χ1n) is 6.08. The predicted molar refractivity (Wildman–Crippen MR) is 68.2 cm³/mol. The van der Waals surface area contributed by atoms with Crippen molar-refractivity contribution in [3.05, 3.63) is 22.6 Å². The van der Waals surface area contributed by atoms with Gasteiger partial charge in [-0.25, -0.2) is 5.10 Å². The van der Waals surface area contributed by atoms with Crippen molar-refractivity contribution in [1.82, 2.24) is 15.1 Å². The van der Waals surface area contributed by atoms with Gasteiger partial charge in [-0.3, -0.25) is 4.79 Å². The zero-order valence-electron chi connectivity index (χ0n) is 10.5. The van der Waals surface area contributed by atoms with Gasteiger partial charge in [0.2, 0.25) is 0 Å². The van der Waals surface area contributed by atoms with Crippen molar-refractivity contribution in [1.29, 1.82) is 0 Å². The second kappa shape index (κ2) is 4.87. The zero-order chi connectivity index (χ0) is 12.3. The third kappa shape index (κ3) is 2.66. The molecule has 1 aromatic heterocycles. The summed E-state index contributed by atoms with van der Waals surface area (Å²) in [4.78, 5) is 13.4. The molecule has 2 N–H and O–H groups in total. The molecule has 1 aliphatic carbocycles. The summed E-state index contributed by atoms with van der Waals surface area (Å²) in [6, 6.07) is 1.55. The van der Waals surface area contributed by atoms with Crippen LogP contribution in [0.25, 0.3) is 0 Å². The fraction of sp³-hybridized carbons (Fsp3) is 0.667. The normalized spacial score (nSPS) is 18.5. The standard InChI is InChI=1S/C12H20N4O/c1-16(2)12(5-3-4-6-12)9-13-10-7-11(17)15-14-8-10/h7-8H,3-6,9H2,1-2H3,(H2,13,15,17). The Kier molecular flexibility index (Phi) is 3.47. The smallest absolute Gasteiger partial charge is 0.266 e. The van der Waals surface area contributed by atoms with E-state index in [1.807, 2.05) is 0 Å². The Morgan fingerprint density at radius 2 is 2.18 bits per heavy atom. The van der Waals surface area contributed by atoms with Crippen molar-refractivity contribution < 1.29 is 0 Å². The first-order valence-corrected chi connectivity index (χ1v) is 6.08. The van der Waals surface area contributed by atoms with Crippen LogP contribution in [-0.2, 0) is 0 Å². The molecule has 0 spiro atoms. The Balaban J connectivity index is 2.03. The van der Waals surface area contributed by atoms with Crippen LogP contribution in [0.5, 0.6) is 0 Å². The highest BCUT2D eigenvalue weighted by molar-refractivity contribution is 5.39. The van der Waals surface area contributed by atoms with E-state index in [9.17, 15) is 4.79 Å². The molecular formula is C12H20N4O. The molecule has 0 aliphatic heterocycles. The number of aromatic amines is 1. The molecule has 5 nitrogen and oxygen atoms in total. The van der Waals surface area contributed by atoms with Gasteiger partial charge in [0.1, 0.15) is 0 Å². The van der Waals surface area contributed by atoms with E-state index in [4.69, 9.17) is 0 Å². The molecule has 1 fully saturated rings. The lowest BCUT2D eigenvalue weighted by Gasteiger charge is -2.36. The third-order valence-electron chi connectivity index (χ3n) is 3.77. The van der Waals surface area contributed by atoms with Gasteiger partial charge in [0, 0.05) is 18.2 Å². The summed E-state index contributed by atoms with van der Waals surface area (Å²) in [6.07, 6.45) is 6.65. The van der Waals surface area contributed by atoms with Crippen LogP contribution in [0.2, 0.25) is 0 Å². The van der Waals surface area contributed by atoms with Crippen molar-refractivity contribution in [3.8, 4) is 0 Å². The van der Waals surface area contributed by atoms with Gasteiger partial charge in [0.25, 0.3) is 5.56 Å². The molecule has 0 bridgehead atoms. The molecule has 1 saturated carbocycles. The lowest BCUT2D eigenvalue weighted by molar-refractivity contribution is 0.172. The van der Waals surface area contributed by atoms with Gasteiger partial charge in [0.15, 0.2) is 0 Å². The molecular weight excluding hydrogens is 216 g/mol. The fourth-order valence-electron chi connectivity index (χ4n) is 2.55. The second-order valence-corrected chi connectivity index (χ2v) is 5.01. The highest BCUT2D eigenvalue weighted by atomic mass is 16.1. The van der Waals surface area contributed by atoms with Crippen LogP contribution in [0.3, 0.4) is 0 Å². The van der Waals surface area contributed by atoms with Gasteiger partial charge in [-0.15, -0.1) is 0 Å². The Morgan fingerprint density at radius 3 is 2.76 bits per heavy atom. The van der Waals surface area contributed by atoms with Crippen LogP contribution >= 0.6 is 0 Å². The Bertz CT molecular complexity index is 421. The Hall–Kier alpha value is -1.36. The summed E-state index contributed by atoms with van der Waals surface area (Å²) in [5.41, 5.74) is 0.852.